The second kappa shape index (κ2) is 10.3. The van der Waals surface area contributed by atoms with Crippen LogP contribution in [0.15, 0.2) is 24.3 Å². The van der Waals surface area contributed by atoms with Crippen molar-refractivity contribution in [2.75, 3.05) is 35.0 Å². The summed E-state index contributed by atoms with van der Waals surface area (Å²) in [6, 6.07) is 9.78. The molecule has 31 heavy (non-hydrogen) atoms. The fourth-order valence-corrected chi connectivity index (χ4v) is 3.81. The van der Waals surface area contributed by atoms with Crippen molar-refractivity contribution in [3.8, 4) is 34.8 Å². The van der Waals surface area contributed by atoms with Crippen molar-refractivity contribution < 1.29 is 28.4 Å². The minimum atomic E-state index is -0.162. The molecular weight excluding hydrogens is 398 g/mol. The van der Waals surface area contributed by atoms with E-state index >= 15 is 0 Å². The highest BCUT2D eigenvalue weighted by Gasteiger charge is 2.31. The van der Waals surface area contributed by atoms with Gasteiger partial charge in [0.25, 0.3) is 0 Å². The van der Waals surface area contributed by atoms with Gasteiger partial charge in [0.05, 0.1) is 52.8 Å². The first-order valence-corrected chi connectivity index (χ1v) is 10.3. The van der Waals surface area contributed by atoms with Crippen molar-refractivity contribution in [2.24, 2.45) is 0 Å². The van der Waals surface area contributed by atoms with Crippen LogP contribution in [-0.2, 0) is 4.74 Å². The Morgan fingerprint density at radius 1 is 0.839 bits per heavy atom. The van der Waals surface area contributed by atoms with Crippen molar-refractivity contribution in [1.29, 1.82) is 5.26 Å². The molecule has 1 fully saturated rings. The van der Waals surface area contributed by atoms with Crippen molar-refractivity contribution >= 4 is 0 Å². The molecule has 1 saturated heterocycles. The van der Waals surface area contributed by atoms with Crippen LogP contribution in [0.5, 0.6) is 28.7 Å². The van der Waals surface area contributed by atoms with Crippen LogP contribution in [0.25, 0.3) is 0 Å². The first kappa shape index (κ1) is 22.6. The summed E-state index contributed by atoms with van der Waals surface area (Å²) < 4.78 is 34.0. The van der Waals surface area contributed by atoms with Gasteiger partial charge in [-0.2, -0.15) is 5.26 Å². The third-order valence-corrected chi connectivity index (χ3v) is 5.32. The van der Waals surface area contributed by atoms with Crippen molar-refractivity contribution in [3.05, 3.63) is 41.0 Å². The zero-order valence-corrected chi connectivity index (χ0v) is 18.7. The van der Waals surface area contributed by atoms with Crippen molar-refractivity contribution in [2.45, 2.75) is 38.4 Å². The van der Waals surface area contributed by atoms with Gasteiger partial charge in [-0.1, -0.05) is 6.92 Å². The molecule has 0 aliphatic carbocycles. The van der Waals surface area contributed by atoms with Gasteiger partial charge in [0.2, 0.25) is 5.75 Å². The topological polar surface area (TPSA) is 79.2 Å². The summed E-state index contributed by atoms with van der Waals surface area (Å²) in [5, 5.41) is 9.63. The maximum absolute atomic E-state index is 9.63. The second-order valence-corrected chi connectivity index (χ2v) is 7.21. The van der Waals surface area contributed by atoms with Crippen LogP contribution in [-0.4, -0.2) is 35.0 Å². The minimum Gasteiger partial charge on any atom is -0.493 e. The van der Waals surface area contributed by atoms with Gasteiger partial charge in [-0.05, 0) is 54.7 Å². The van der Waals surface area contributed by atoms with Gasteiger partial charge in [0.1, 0.15) is 6.07 Å². The first-order chi connectivity index (χ1) is 15.1. The SMILES string of the molecule is CCCOc1c(C#N)cc(C2CCC(c3cc(OC)c(OC)c(OC)c3)O2)cc1OC. The third-order valence-electron chi connectivity index (χ3n) is 5.32. The molecule has 0 saturated carbocycles. The Labute approximate surface area is 183 Å². The normalized spacial score (nSPS) is 17.7. The molecule has 1 aliphatic rings. The lowest BCUT2D eigenvalue weighted by molar-refractivity contribution is 0.0436. The Balaban J connectivity index is 1.88. The number of rotatable bonds is 9. The zero-order chi connectivity index (χ0) is 22.4. The zero-order valence-electron chi connectivity index (χ0n) is 18.7. The van der Waals surface area contributed by atoms with Gasteiger partial charge in [0.15, 0.2) is 23.0 Å². The number of methoxy groups -OCH3 is 4. The highest BCUT2D eigenvalue weighted by Crippen LogP contribution is 2.47. The molecule has 2 aromatic carbocycles. The monoisotopic (exact) mass is 427 g/mol. The molecule has 0 N–H and O–H groups in total. The van der Waals surface area contributed by atoms with Gasteiger partial charge in [-0.3, -0.25) is 0 Å². The average Bonchev–Trinajstić information content (AvgIpc) is 3.31. The quantitative estimate of drug-likeness (QED) is 0.559. The number of hydrogen-bond donors (Lipinski definition) is 0. The summed E-state index contributed by atoms with van der Waals surface area (Å²) in [5.74, 6) is 2.76. The summed E-state index contributed by atoms with van der Waals surface area (Å²) in [7, 11) is 6.35. The molecule has 7 heteroatoms. The largest absolute Gasteiger partial charge is 0.493 e. The molecule has 2 atom stereocenters. The van der Waals surface area contributed by atoms with Crippen molar-refractivity contribution in [3.63, 3.8) is 0 Å². The van der Waals surface area contributed by atoms with Crippen LogP contribution in [0.4, 0.5) is 0 Å². The Kier molecular flexibility index (Phi) is 7.48. The lowest BCUT2D eigenvalue weighted by Gasteiger charge is -2.19. The lowest BCUT2D eigenvalue weighted by atomic mass is 10.0. The molecular formula is C24H29NO6. The minimum absolute atomic E-state index is 0.133. The number of nitriles is 1. The van der Waals surface area contributed by atoms with Crippen LogP contribution in [0.2, 0.25) is 0 Å². The van der Waals surface area contributed by atoms with Crippen LogP contribution < -0.4 is 23.7 Å². The standard InChI is InChI=1S/C24H29NO6/c1-6-9-30-23-17(14-25)10-15(11-20(23)26-2)18-7-8-19(31-18)16-12-21(27-3)24(29-5)22(13-16)28-4/h10-13,18-19H,6-9H2,1-5H3. The smallest absolute Gasteiger partial charge is 0.203 e. The van der Waals surface area contributed by atoms with Crippen LogP contribution in [0, 0.1) is 11.3 Å². The van der Waals surface area contributed by atoms with E-state index in [4.69, 9.17) is 28.4 Å². The van der Waals surface area contributed by atoms with Crippen LogP contribution in [0.1, 0.15) is 55.1 Å². The molecule has 2 unspecified atom stereocenters. The predicted octanol–water partition coefficient (Wildman–Crippen LogP) is 4.97. The lowest BCUT2D eigenvalue weighted by Crippen LogP contribution is -2.05. The molecule has 0 bridgehead atoms. The Morgan fingerprint density at radius 3 is 1.81 bits per heavy atom. The summed E-state index contributed by atoms with van der Waals surface area (Å²) in [6.45, 7) is 2.54. The van der Waals surface area contributed by atoms with E-state index in [1.54, 1.807) is 28.4 Å². The van der Waals surface area contributed by atoms with Gasteiger partial charge in [0, 0.05) is 0 Å². The first-order valence-electron chi connectivity index (χ1n) is 10.3. The second-order valence-electron chi connectivity index (χ2n) is 7.21. The molecule has 3 rings (SSSR count). The van der Waals surface area contributed by atoms with Crippen LogP contribution in [0.3, 0.4) is 0 Å². The molecule has 0 radical (unpaired) electrons. The van der Waals surface area contributed by atoms with E-state index in [-0.39, 0.29) is 12.2 Å². The van der Waals surface area contributed by atoms with E-state index in [9.17, 15) is 5.26 Å². The van der Waals surface area contributed by atoms with Crippen LogP contribution >= 0.6 is 0 Å². The molecule has 0 spiro atoms. The highest BCUT2D eigenvalue weighted by atomic mass is 16.5. The number of hydrogen-bond acceptors (Lipinski definition) is 7. The Bertz CT molecular complexity index is 927. The summed E-state index contributed by atoms with van der Waals surface area (Å²) in [4.78, 5) is 0. The van der Waals surface area contributed by atoms with E-state index in [0.717, 1.165) is 30.4 Å². The maximum atomic E-state index is 9.63. The van der Waals surface area contributed by atoms with Gasteiger partial charge in [-0.15, -0.1) is 0 Å². The number of benzene rings is 2. The molecule has 2 aromatic rings. The highest BCUT2D eigenvalue weighted by molar-refractivity contribution is 5.56. The Morgan fingerprint density at radius 2 is 1.35 bits per heavy atom. The van der Waals surface area contributed by atoms with Gasteiger partial charge in [-0.25, -0.2) is 0 Å². The predicted molar refractivity (Wildman–Crippen MR) is 115 cm³/mol. The number of ether oxygens (including phenoxy) is 6. The summed E-state index contributed by atoms with van der Waals surface area (Å²) >= 11 is 0. The molecule has 0 aromatic heterocycles. The molecule has 7 nitrogen and oxygen atoms in total. The van der Waals surface area contributed by atoms with E-state index in [1.807, 2.05) is 31.2 Å². The molecule has 0 amide bonds. The fourth-order valence-electron chi connectivity index (χ4n) is 3.81. The van der Waals surface area contributed by atoms with E-state index in [1.165, 1.54) is 0 Å². The van der Waals surface area contributed by atoms with Gasteiger partial charge < -0.3 is 28.4 Å². The number of nitrogens with zero attached hydrogens (tertiary/aromatic N) is 1. The third kappa shape index (κ3) is 4.64. The summed E-state index contributed by atoms with van der Waals surface area (Å²) in [5.41, 5.74) is 2.29. The van der Waals surface area contributed by atoms with E-state index in [2.05, 4.69) is 6.07 Å². The molecule has 166 valence electrons. The molecule has 1 aliphatic heterocycles. The average molecular weight is 427 g/mol. The maximum Gasteiger partial charge on any atom is 0.203 e. The van der Waals surface area contributed by atoms with E-state index < -0.39 is 0 Å². The molecule has 1 heterocycles. The van der Waals surface area contributed by atoms with Crippen molar-refractivity contribution in [1.82, 2.24) is 0 Å². The Hall–Kier alpha value is -3.11. The fraction of sp³-hybridized carbons (Fsp3) is 0.458. The van der Waals surface area contributed by atoms with E-state index in [0.29, 0.717) is 40.9 Å². The van der Waals surface area contributed by atoms with Gasteiger partial charge >= 0.3 is 0 Å². The summed E-state index contributed by atoms with van der Waals surface area (Å²) in [6.07, 6.45) is 2.18.